The van der Waals surface area contributed by atoms with Gasteiger partial charge in [-0.15, -0.1) is 0 Å². The van der Waals surface area contributed by atoms with Crippen molar-refractivity contribution < 1.29 is 4.79 Å². The van der Waals surface area contributed by atoms with Crippen molar-refractivity contribution in [2.75, 3.05) is 13.1 Å². The van der Waals surface area contributed by atoms with E-state index < -0.39 is 0 Å². The van der Waals surface area contributed by atoms with Crippen LogP contribution in [0.15, 0.2) is 12.2 Å². The third kappa shape index (κ3) is 1.09. The standard InChI is InChI=1S/C6H8NO/c8-6-7-4-2-1-3-5-7/h1-2H,3-5H2. The topological polar surface area (TPSA) is 20.3 Å². The highest BCUT2D eigenvalue weighted by Crippen LogP contribution is 1.96. The molecule has 0 spiro atoms. The van der Waals surface area contributed by atoms with E-state index in [1.165, 1.54) is 0 Å². The molecular formula is C6H8NO. The predicted octanol–water partition coefficient (Wildman–Crippen LogP) is 0.316. The second-order valence-corrected chi connectivity index (χ2v) is 1.80. The van der Waals surface area contributed by atoms with Crippen molar-refractivity contribution in [2.45, 2.75) is 6.42 Å². The summed E-state index contributed by atoms with van der Waals surface area (Å²) in [5.74, 6) is 0. The summed E-state index contributed by atoms with van der Waals surface area (Å²) >= 11 is 0. The van der Waals surface area contributed by atoms with Gasteiger partial charge in [0.05, 0.1) is 0 Å². The fourth-order valence-corrected chi connectivity index (χ4v) is 0.724. The Balaban J connectivity index is 2.37. The van der Waals surface area contributed by atoms with Crippen molar-refractivity contribution in [3.63, 3.8) is 0 Å². The molecule has 0 unspecified atom stereocenters. The Kier molecular flexibility index (Phi) is 1.67. The number of hydrogen-bond acceptors (Lipinski definition) is 1. The van der Waals surface area contributed by atoms with Crippen LogP contribution in [0.1, 0.15) is 6.42 Å². The fourth-order valence-electron chi connectivity index (χ4n) is 0.724. The zero-order valence-electron chi connectivity index (χ0n) is 4.63. The summed E-state index contributed by atoms with van der Waals surface area (Å²) in [6, 6.07) is 0. The Morgan fingerprint density at radius 3 is 2.75 bits per heavy atom. The van der Waals surface area contributed by atoms with Gasteiger partial charge >= 0.3 is 6.41 Å². The smallest absolute Gasteiger partial charge is 0.312 e. The number of rotatable bonds is 1. The van der Waals surface area contributed by atoms with Crippen LogP contribution in [0.5, 0.6) is 0 Å². The van der Waals surface area contributed by atoms with E-state index in [1.54, 1.807) is 4.90 Å². The monoisotopic (exact) mass is 110 g/mol. The summed E-state index contributed by atoms with van der Waals surface area (Å²) in [4.78, 5) is 11.6. The number of carbonyl (C=O) groups excluding carboxylic acids is 1. The molecule has 0 fully saturated rings. The quantitative estimate of drug-likeness (QED) is 0.445. The van der Waals surface area contributed by atoms with Crippen molar-refractivity contribution in [1.82, 2.24) is 4.90 Å². The van der Waals surface area contributed by atoms with Gasteiger partial charge in [-0.05, 0) is 6.42 Å². The lowest BCUT2D eigenvalue weighted by atomic mass is 10.3. The molecule has 0 atom stereocenters. The summed E-state index contributed by atoms with van der Waals surface area (Å²) < 4.78 is 0. The molecule has 0 aromatic rings. The molecule has 1 amide bonds. The van der Waals surface area contributed by atoms with Gasteiger partial charge in [-0.2, -0.15) is 0 Å². The Labute approximate surface area is 48.8 Å². The molecule has 43 valence electrons. The van der Waals surface area contributed by atoms with Gasteiger partial charge in [0.1, 0.15) is 0 Å². The molecule has 1 aliphatic heterocycles. The predicted molar refractivity (Wildman–Crippen MR) is 31.0 cm³/mol. The third-order valence-electron chi connectivity index (χ3n) is 1.19. The van der Waals surface area contributed by atoms with Crippen molar-refractivity contribution in [2.24, 2.45) is 0 Å². The average molecular weight is 110 g/mol. The molecule has 0 saturated heterocycles. The van der Waals surface area contributed by atoms with E-state index in [4.69, 9.17) is 0 Å². The lowest BCUT2D eigenvalue weighted by Crippen LogP contribution is -2.24. The highest BCUT2D eigenvalue weighted by Gasteiger charge is 2.00. The molecule has 1 radical (unpaired) electrons. The van der Waals surface area contributed by atoms with Gasteiger partial charge in [0.2, 0.25) is 0 Å². The molecule has 0 aromatic heterocycles. The van der Waals surface area contributed by atoms with Crippen LogP contribution in [-0.2, 0) is 4.79 Å². The van der Waals surface area contributed by atoms with Gasteiger partial charge in [-0.25, -0.2) is 0 Å². The zero-order valence-corrected chi connectivity index (χ0v) is 4.63. The lowest BCUT2D eigenvalue weighted by molar-refractivity contribution is 0.404. The van der Waals surface area contributed by atoms with Crippen LogP contribution in [0.2, 0.25) is 0 Å². The highest BCUT2D eigenvalue weighted by atomic mass is 16.1. The molecule has 0 saturated carbocycles. The van der Waals surface area contributed by atoms with E-state index in [-0.39, 0.29) is 0 Å². The minimum atomic E-state index is 0.740. The highest BCUT2D eigenvalue weighted by molar-refractivity contribution is 5.48. The van der Waals surface area contributed by atoms with Crippen LogP contribution in [0.3, 0.4) is 0 Å². The molecular weight excluding hydrogens is 102 g/mol. The summed E-state index contributed by atoms with van der Waals surface area (Å²) in [5, 5.41) is 0. The molecule has 1 rings (SSSR count). The van der Waals surface area contributed by atoms with Crippen molar-refractivity contribution in [3.8, 4) is 0 Å². The van der Waals surface area contributed by atoms with Gasteiger partial charge in [-0.3, -0.25) is 4.79 Å². The molecule has 1 aliphatic rings. The van der Waals surface area contributed by atoms with E-state index in [1.807, 2.05) is 12.5 Å². The van der Waals surface area contributed by atoms with E-state index in [9.17, 15) is 4.79 Å². The Morgan fingerprint density at radius 1 is 1.50 bits per heavy atom. The van der Waals surface area contributed by atoms with Crippen LogP contribution in [0.4, 0.5) is 0 Å². The van der Waals surface area contributed by atoms with Crippen LogP contribution >= 0.6 is 0 Å². The largest absolute Gasteiger partial charge is 0.330 e. The molecule has 2 heteroatoms. The Morgan fingerprint density at radius 2 is 2.38 bits per heavy atom. The normalized spacial score (nSPS) is 18.8. The van der Waals surface area contributed by atoms with Gasteiger partial charge in [-0.1, -0.05) is 12.2 Å². The Hall–Kier alpha value is -0.790. The van der Waals surface area contributed by atoms with E-state index in [0.717, 1.165) is 19.5 Å². The number of hydrogen-bond donors (Lipinski definition) is 0. The molecule has 0 bridgehead atoms. The summed E-state index contributed by atoms with van der Waals surface area (Å²) in [6.07, 6.45) is 6.88. The van der Waals surface area contributed by atoms with Crippen LogP contribution in [-0.4, -0.2) is 24.4 Å². The van der Waals surface area contributed by atoms with Crippen molar-refractivity contribution in [3.05, 3.63) is 12.2 Å². The maximum Gasteiger partial charge on any atom is 0.312 e. The van der Waals surface area contributed by atoms with Crippen LogP contribution < -0.4 is 0 Å². The minimum Gasteiger partial charge on any atom is -0.330 e. The van der Waals surface area contributed by atoms with Gasteiger partial charge in [0, 0.05) is 13.1 Å². The third-order valence-corrected chi connectivity index (χ3v) is 1.19. The second-order valence-electron chi connectivity index (χ2n) is 1.80. The maximum absolute atomic E-state index is 9.93. The summed E-state index contributed by atoms with van der Waals surface area (Å²) in [7, 11) is 0. The van der Waals surface area contributed by atoms with Gasteiger partial charge in [0.15, 0.2) is 0 Å². The molecule has 0 aliphatic carbocycles. The van der Waals surface area contributed by atoms with Gasteiger partial charge in [0.25, 0.3) is 0 Å². The van der Waals surface area contributed by atoms with E-state index in [0.29, 0.717) is 0 Å². The zero-order chi connectivity index (χ0) is 5.82. The first-order valence-electron chi connectivity index (χ1n) is 2.71. The van der Waals surface area contributed by atoms with E-state index >= 15 is 0 Å². The Bertz CT molecular complexity index is 109. The number of amides is 1. The van der Waals surface area contributed by atoms with E-state index in [2.05, 4.69) is 6.08 Å². The first-order valence-corrected chi connectivity index (χ1v) is 2.71. The first-order chi connectivity index (χ1) is 3.93. The molecule has 8 heavy (non-hydrogen) atoms. The van der Waals surface area contributed by atoms with Crippen molar-refractivity contribution in [1.29, 1.82) is 0 Å². The number of nitrogens with zero attached hydrogens (tertiary/aromatic N) is 1. The maximum atomic E-state index is 9.93. The summed E-state index contributed by atoms with van der Waals surface area (Å²) in [5.41, 5.74) is 0. The molecule has 0 aromatic carbocycles. The average Bonchev–Trinajstić information content (AvgIpc) is 1.90. The van der Waals surface area contributed by atoms with Crippen molar-refractivity contribution >= 4 is 6.41 Å². The SMILES string of the molecule is O=[C]N1CC=CCC1. The second kappa shape index (κ2) is 2.50. The van der Waals surface area contributed by atoms with Crippen LogP contribution in [0, 0.1) is 0 Å². The lowest BCUT2D eigenvalue weighted by Gasteiger charge is -2.15. The fraction of sp³-hybridized carbons (Fsp3) is 0.500. The van der Waals surface area contributed by atoms with Gasteiger partial charge < -0.3 is 4.90 Å². The molecule has 0 N–H and O–H groups in total. The minimum absolute atomic E-state index is 0.740. The summed E-state index contributed by atoms with van der Waals surface area (Å²) in [6.45, 7) is 1.57. The first kappa shape index (κ1) is 5.35. The molecule has 2 nitrogen and oxygen atoms in total. The van der Waals surface area contributed by atoms with Crippen LogP contribution in [0.25, 0.3) is 0 Å². The molecule has 1 heterocycles.